The second kappa shape index (κ2) is 9.83. The molecule has 5 rings (SSSR count). The van der Waals surface area contributed by atoms with Crippen LogP contribution in [0.5, 0.6) is 11.6 Å². The molecule has 0 spiro atoms. The second-order valence-corrected chi connectivity index (χ2v) is 10.6. The minimum Gasteiger partial charge on any atom is -0.439 e. The number of aromatic nitrogens is 3. The number of allylic oxidation sites excluding steroid dienone is 1. The molecule has 4 aromatic rings. The molecular weight excluding hydrogens is 478 g/mol. The van der Waals surface area contributed by atoms with Crippen LogP contribution in [-0.2, 0) is 19.3 Å². The van der Waals surface area contributed by atoms with Gasteiger partial charge < -0.3 is 20.8 Å². The number of nitrogens with zero attached hydrogens (tertiary/aromatic N) is 3. The van der Waals surface area contributed by atoms with Gasteiger partial charge in [-0.25, -0.2) is 15.2 Å². The quantitative estimate of drug-likeness (QED) is 0.298. The number of hydrazine groups is 1. The number of fused-ring (bicyclic) bond motifs is 1. The molecule has 4 N–H and O–H groups in total. The summed E-state index contributed by atoms with van der Waals surface area (Å²) in [6.07, 6.45) is 5.49. The van der Waals surface area contributed by atoms with E-state index in [9.17, 15) is 4.79 Å². The van der Waals surface area contributed by atoms with Crippen molar-refractivity contribution in [3.05, 3.63) is 95.5 Å². The molecule has 196 valence electrons. The fourth-order valence-electron chi connectivity index (χ4n) is 4.34. The third kappa shape index (κ3) is 5.19. The van der Waals surface area contributed by atoms with Gasteiger partial charge in [0.25, 0.3) is 0 Å². The van der Waals surface area contributed by atoms with Crippen molar-refractivity contribution >= 4 is 16.9 Å². The minimum atomic E-state index is -0.909. The molecule has 0 fully saturated rings. The third-order valence-corrected chi connectivity index (χ3v) is 6.60. The average Bonchev–Trinajstić information content (AvgIpc) is 3.48. The van der Waals surface area contributed by atoms with Gasteiger partial charge in [-0.05, 0) is 42.8 Å². The Labute approximate surface area is 222 Å². The summed E-state index contributed by atoms with van der Waals surface area (Å²) in [5.74, 6) is 1.08. The molecule has 0 saturated carbocycles. The Balaban J connectivity index is 1.32. The number of pyridine rings is 1. The Hall–Kier alpha value is -4.37. The van der Waals surface area contributed by atoms with Crippen molar-refractivity contribution in [2.75, 3.05) is 0 Å². The topological polar surface area (TPSA) is 105 Å². The Morgan fingerprint density at radius 1 is 1.13 bits per heavy atom. The Morgan fingerprint density at radius 3 is 2.66 bits per heavy atom. The van der Waals surface area contributed by atoms with Crippen molar-refractivity contribution in [3.63, 3.8) is 0 Å². The number of carbonyl (C=O) groups is 1. The van der Waals surface area contributed by atoms with Crippen LogP contribution in [0, 0.1) is 12.3 Å². The van der Waals surface area contributed by atoms with E-state index in [2.05, 4.69) is 52.3 Å². The zero-order chi connectivity index (χ0) is 26.9. The summed E-state index contributed by atoms with van der Waals surface area (Å²) in [6.45, 7) is 8.63. The van der Waals surface area contributed by atoms with Gasteiger partial charge in [0.05, 0.1) is 11.7 Å². The highest BCUT2D eigenvalue weighted by molar-refractivity contribution is 5.80. The van der Waals surface area contributed by atoms with E-state index in [-0.39, 0.29) is 18.0 Å². The first-order valence-electron chi connectivity index (χ1n) is 12.6. The molecule has 1 unspecified atom stereocenters. The van der Waals surface area contributed by atoms with E-state index < -0.39 is 5.66 Å². The molecule has 1 aliphatic heterocycles. The van der Waals surface area contributed by atoms with Crippen LogP contribution in [-0.4, -0.2) is 20.8 Å². The number of aryl methyl sites for hydroxylation is 2. The van der Waals surface area contributed by atoms with Gasteiger partial charge in [-0.15, -0.1) is 0 Å². The Bertz CT molecular complexity index is 1500. The summed E-state index contributed by atoms with van der Waals surface area (Å²) in [4.78, 5) is 17.6. The zero-order valence-corrected chi connectivity index (χ0v) is 22.3. The molecule has 9 heteroatoms. The number of carbonyl (C=O) groups excluding carboxylic acids is 1. The fourth-order valence-corrected chi connectivity index (χ4v) is 4.34. The summed E-state index contributed by atoms with van der Waals surface area (Å²) >= 11 is 0. The predicted octanol–water partition coefficient (Wildman–Crippen LogP) is 4.76. The molecule has 0 aliphatic carbocycles. The summed E-state index contributed by atoms with van der Waals surface area (Å²) in [5, 5.41) is 11.3. The first-order chi connectivity index (χ1) is 18.1. The molecule has 0 saturated heterocycles. The van der Waals surface area contributed by atoms with Crippen LogP contribution in [0.1, 0.15) is 37.5 Å². The van der Waals surface area contributed by atoms with Crippen LogP contribution in [0.2, 0.25) is 0 Å². The molecule has 0 bridgehead atoms. The number of hydrogen-bond donors (Lipinski definition) is 4. The standard InChI is InChI=1S/C29H33N7O2/c1-19-8-10-22(11-9-19)29(16-25(34-35-29)28(2,3)4)33-27(37)31-17-20-7-6-14-30-26(20)38-23-12-13-24-21(15-23)18-32-36(24)5/h6-16,18,34-35H,17H2,1-5H3,(H2,31,33,37). The highest BCUT2D eigenvalue weighted by Gasteiger charge is 2.39. The molecule has 2 aromatic carbocycles. The number of benzene rings is 2. The van der Waals surface area contributed by atoms with E-state index >= 15 is 0 Å². The van der Waals surface area contributed by atoms with E-state index in [4.69, 9.17) is 4.74 Å². The fraction of sp³-hybridized carbons (Fsp3) is 0.276. The Kier molecular flexibility index (Phi) is 6.54. The van der Waals surface area contributed by atoms with Crippen LogP contribution in [0.25, 0.3) is 10.9 Å². The van der Waals surface area contributed by atoms with Gasteiger partial charge >= 0.3 is 6.03 Å². The van der Waals surface area contributed by atoms with Crippen molar-refractivity contribution in [2.45, 2.75) is 39.9 Å². The lowest BCUT2D eigenvalue weighted by Crippen LogP contribution is -2.57. The maximum atomic E-state index is 13.2. The molecule has 1 atom stereocenters. The third-order valence-electron chi connectivity index (χ3n) is 6.60. The first-order valence-corrected chi connectivity index (χ1v) is 12.6. The summed E-state index contributed by atoms with van der Waals surface area (Å²) in [6, 6.07) is 17.2. The van der Waals surface area contributed by atoms with Crippen LogP contribution < -0.4 is 26.2 Å². The first kappa shape index (κ1) is 25.3. The minimum absolute atomic E-state index is 0.127. The molecule has 1 aliphatic rings. The Morgan fingerprint density at radius 2 is 1.92 bits per heavy atom. The maximum absolute atomic E-state index is 13.2. The largest absolute Gasteiger partial charge is 0.439 e. The smallest absolute Gasteiger partial charge is 0.317 e. The SMILES string of the molecule is Cc1ccc(C2(NC(=O)NCc3cccnc3Oc3ccc4c(cnn4C)c3)C=C(C(C)(C)C)NN2)cc1. The molecular formula is C29H33N7O2. The highest BCUT2D eigenvalue weighted by Crippen LogP contribution is 2.32. The normalized spacial score (nSPS) is 17.1. The van der Waals surface area contributed by atoms with Crippen LogP contribution >= 0.6 is 0 Å². The summed E-state index contributed by atoms with van der Waals surface area (Å²) in [7, 11) is 1.90. The van der Waals surface area contributed by atoms with Crippen molar-refractivity contribution in [1.29, 1.82) is 0 Å². The van der Waals surface area contributed by atoms with Crippen molar-refractivity contribution in [1.82, 2.24) is 36.2 Å². The zero-order valence-electron chi connectivity index (χ0n) is 22.3. The number of rotatable bonds is 6. The van der Waals surface area contributed by atoms with Gasteiger partial charge in [0, 0.05) is 41.9 Å². The molecule has 38 heavy (non-hydrogen) atoms. The maximum Gasteiger partial charge on any atom is 0.317 e. The summed E-state index contributed by atoms with van der Waals surface area (Å²) in [5.41, 5.74) is 10.3. The van der Waals surface area contributed by atoms with E-state index in [1.165, 1.54) is 0 Å². The number of ether oxygens (including phenoxy) is 1. The van der Waals surface area contributed by atoms with E-state index in [1.54, 1.807) is 12.4 Å². The molecule has 2 amide bonds. The molecule has 2 aromatic heterocycles. The molecule has 9 nitrogen and oxygen atoms in total. The van der Waals surface area contributed by atoms with Gasteiger partial charge in [-0.2, -0.15) is 5.10 Å². The van der Waals surface area contributed by atoms with Crippen LogP contribution in [0.4, 0.5) is 4.79 Å². The molecule has 3 heterocycles. The average molecular weight is 512 g/mol. The number of urea groups is 1. The number of hydrogen-bond acceptors (Lipinski definition) is 6. The van der Waals surface area contributed by atoms with Crippen molar-refractivity contribution in [3.8, 4) is 11.6 Å². The monoisotopic (exact) mass is 511 g/mol. The van der Waals surface area contributed by atoms with Gasteiger partial charge in [-0.1, -0.05) is 56.7 Å². The van der Waals surface area contributed by atoms with Gasteiger partial charge in [0.15, 0.2) is 5.66 Å². The van der Waals surface area contributed by atoms with Gasteiger partial charge in [-0.3, -0.25) is 4.68 Å². The van der Waals surface area contributed by atoms with Crippen LogP contribution in [0.3, 0.4) is 0 Å². The van der Waals surface area contributed by atoms with Crippen molar-refractivity contribution in [2.24, 2.45) is 12.5 Å². The second-order valence-electron chi connectivity index (χ2n) is 10.6. The van der Waals surface area contributed by atoms with Gasteiger partial charge in [0.1, 0.15) is 5.75 Å². The lowest BCUT2D eigenvalue weighted by molar-refractivity contribution is 0.224. The van der Waals surface area contributed by atoms with Crippen molar-refractivity contribution < 1.29 is 9.53 Å². The van der Waals surface area contributed by atoms with E-state index in [0.29, 0.717) is 11.6 Å². The highest BCUT2D eigenvalue weighted by atomic mass is 16.5. The predicted molar refractivity (Wildman–Crippen MR) is 147 cm³/mol. The molecule has 0 radical (unpaired) electrons. The number of nitrogens with one attached hydrogen (secondary N) is 4. The number of amides is 2. The lowest BCUT2D eigenvalue weighted by atomic mass is 9.89. The van der Waals surface area contributed by atoms with E-state index in [0.717, 1.165) is 33.3 Å². The lowest BCUT2D eigenvalue weighted by Gasteiger charge is -2.29. The summed E-state index contributed by atoms with van der Waals surface area (Å²) < 4.78 is 7.90. The van der Waals surface area contributed by atoms with Crippen LogP contribution in [0.15, 0.2) is 78.8 Å². The van der Waals surface area contributed by atoms with Gasteiger partial charge in [0.2, 0.25) is 5.88 Å². The van der Waals surface area contributed by atoms with E-state index in [1.807, 2.05) is 79.3 Å².